The Morgan fingerprint density at radius 1 is 0.933 bits per heavy atom. The third-order valence-corrected chi connectivity index (χ3v) is 14.6. The largest absolute Gasteiger partial charge is 0.496 e. The second kappa shape index (κ2) is 7.79. The van der Waals surface area contributed by atoms with Crippen LogP contribution < -0.4 is 5.46 Å². The van der Waals surface area contributed by atoms with E-state index in [0.717, 1.165) is 17.5 Å². The Morgan fingerprint density at radius 3 is 1.87 bits per heavy atom. The number of hydrogen-bond donors (Lipinski definition) is 0. The molecule has 166 valence electrons. The first-order valence-electron chi connectivity index (χ1n) is 11.7. The van der Waals surface area contributed by atoms with E-state index in [-0.39, 0.29) is 18.3 Å². The van der Waals surface area contributed by atoms with Gasteiger partial charge in [-0.15, -0.1) is 0 Å². The fourth-order valence-corrected chi connectivity index (χ4v) is 12.6. The van der Waals surface area contributed by atoms with Gasteiger partial charge in [0, 0.05) is 22.7 Å². The van der Waals surface area contributed by atoms with E-state index in [2.05, 4.69) is 92.5 Å². The third-order valence-electron chi connectivity index (χ3n) is 7.79. The highest BCUT2D eigenvalue weighted by Crippen LogP contribution is 2.45. The summed E-state index contributed by atoms with van der Waals surface area (Å²) >= 11 is 0. The van der Waals surface area contributed by atoms with Crippen LogP contribution in [0.25, 0.3) is 11.0 Å². The molecule has 0 aliphatic carbocycles. The number of pyridine rings is 1. The van der Waals surface area contributed by atoms with Crippen LogP contribution in [0.4, 0.5) is 0 Å². The number of nitrogens with zero attached hydrogens (tertiary/aromatic N) is 2. The lowest BCUT2D eigenvalue weighted by Gasteiger charge is -2.45. The molecule has 3 heterocycles. The molecule has 0 N–H and O–H groups in total. The zero-order valence-corrected chi connectivity index (χ0v) is 22.0. The smallest absolute Gasteiger partial charge is 0.399 e. The topological polar surface area (TPSA) is 36.3 Å². The van der Waals surface area contributed by atoms with Crippen molar-refractivity contribution in [3.63, 3.8) is 0 Å². The van der Waals surface area contributed by atoms with Crippen molar-refractivity contribution in [2.45, 2.75) is 110 Å². The first-order chi connectivity index (χ1) is 13.8. The average molecular weight is 429 g/mol. The van der Waals surface area contributed by atoms with E-state index >= 15 is 0 Å². The van der Waals surface area contributed by atoms with Crippen molar-refractivity contribution in [1.29, 1.82) is 0 Å². The number of rotatable bonds is 6. The Balaban J connectivity index is 2.18. The molecule has 4 nitrogen and oxygen atoms in total. The SMILES string of the molecule is CCc1cc2cc(B3OC(C)(C)C(C)(C)O3)cnc2n1[Si](C(C)C)(C(C)C)C(C)C. The molecule has 6 heteroatoms. The molecule has 0 unspecified atom stereocenters. The van der Waals surface area contributed by atoms with E-state index in [1.54, 1.807) is 0 Å². The summed E-state index contributed by atoms with van der Waals surface area (Å²) in [7, 11) is -2.26. The predicted octanol–water partition coefficient (Wildman–Crippen LogP) is 5.92. The van der Waals surface area contributed by atoms with Crippen molar-refractivity contribution < 1.29 is 9.31 Å². The molecule has 0 bridgehead atoms. The molecular formula is C24H41BN2O2Si. The maximum atomic E-state index is 6.28. The van der Waals surface area contributed by atoms with E-state index in [0.29, 0.717) is 16.6 Å². The minimum atomic E-state index is -1.88. The van der Waals surface area contributed by atoms with Crippen molar-refractivity contribution in [3.05, 3.63) is 24.0 Å². The molecule has 0 spiro atoms. The van der Waals surface area contributed by atoms with Gasteiger partial charge < -0.3 is 13.5 Å². The maximum absolute atomic E-state index is 6.28. The maximum Gasteiger partial charge on any atom is 0.496 e. The lowest BCUT2D eigenvalue weighted by atomic mass is 9.80. The summed E-state index contributed by atoms with van der Waals surface area (Å²) < 4.78 is 15.3. The van der Waals surface area contributed by atoms with Crippen molar-refractivity contribution >= 4 is 31.9 Å². The van der Waals surface area contributed by atoms with E-state index in [4.69, 9.17) is 14.3 Å². The van der Waals surface area contributed by atoms with Gasteiger partial charge in [0.1, 0.15) is 5.65 Å². The molecule has 3 rings (SSSR count). The van der Waals surface area contributed by atoms with Crippen LogP contribution in [-0.2, 0) is 15.7 Å². The van der Waals surface area contributed by atoms with E-state index in [1.165, 1.54) is 11.1 Å². The molecule has 0 amide bonds. The van der Waals surface area contributed by atoms with Gasteiger partial charge in [-0.3, -0.25) is 0 Å². The Labute approximate surface area is 185 Å². The van der Waals surface area contributed by atoms with E-state index in [9.17, 15) is 0 Å². The van der Waals surface area contributed by atoms with Crippen LogP contribution in [0.3, 0.4) is 0 Å². The number of aromatic nitrogens is 2. The molecule has 1 aliphatic heterocycles. The highest BCUT2D eigenvalue weighted by Gasteiger charge is 2.52. The van der Waals surface area contributed by atoms with Crippen LogP contribution in [-0.4, -0.2) is 35.8 Å². The number of hydrogen-bond acceptors (Lipinski definition) is 3. The summed E-state index contributed by atoms with van der Waals surface area (Å²) in [6.45, 7) is 25.1. The van der Waals surface area contributed by atoms with Crippen LogP contribution >= 0.6 is 0 Å². The summed E-state index contributed by atoms with van der Waals surface area (Å²) in [5, 5.41) is 1.21. The molecule has 30 heavy (non-hydrogen) atoms. The van der Waals surface area contributed by atoms with Crippen LogP contribution in [0.5, 0.6) is 0 Å². The van der Waals surface area contributed by atoms with Gasteiger partial charge in [0.05, 0.1) is 11.2 Å². The van der Waals surface area contributed by atoms with Gasteiger partial charge in [0.25, 0.3) is 0 Å². The standard InChI is InChI=1S/C24H41BN2O2Si/c1-12-21-14-19-13-20(25-28-23(8,9)24(10,11)29-25)15-26-22(19)27(21)30(16(2)3,17(4)5)18(6)7/h13-18H,12H2,1-11H3. The second-order valence-electron chi connectivity index (χ2n) is 10.9. The normalized spacial score (nSPS) is 19.1. The second-order valence-corrected chi connectivity index (χ2v) is 16.6. The molecule has 2 aromatic rings. The Kier molecular flexibility index (Phi) is 6.11. The molecule has 2 aromatic heterocycles. The zero-order valence-electron chi connectivity index (χ0n) is 21.0. The van der Waals surface area contributed by atoms with Gasteiger partial charge in [-0.05, 0) is 62.9 Å². The van der Waals surface area contributed by atoms with Gasteiger partial charge >= 0.3 is 7.12 Å². The first-order valence-corrected chi connectivity index (χ1v) is 13.8. The van der Waals surface area contributed by atoms with Crippen LogP contribution in [0.2, 0.25) is 16.6 Å². The Hall–Kier alpha value is -1.11. The van der Waals surface area contributed by atoms with Crippen molar-refractivity contribution in [2.24, 2.45) is 0 Å². The predicted molar refractivity (Wildman–Crippen MR) is 131 cm³/mol. The van der Waals surface area contributed by atoms with Crippen LogP contribution in [0, 0.1) is 0 Å². The Bertz CT molecular complexity index is 880. The zero-order chi connectivity index (χ0) is 22.6. The fourth-order valence-electron chi connectivity index (χ4n) is 5.74. The summed E-state index contributed by atoms with van der Waals surface area (Å²) in [5.74, 6) is 0. The minimum absolute atomic E-state index is 0.345. The fraction of sp³-hybridized carbons (Fsp3) is 0.708. The van der Waals surface area contributed by atoms with Gasteiger partial charge in [-0.1, -0.05) is 48.5 Å². The monoisotopic (exact) mass is 428 g/mol. The molecular weight excluding hydrogens is 387 g/mol. The molecule has 1 saturated heterocycles. The Morgan fingerprint density at radius 2 is 1.43 bits per heavy atom. The van der Waals surface area contributed by atoms with Crippen LogP contribution in [0.15, 0.2) is 18.3 Å². The lowest BCUT2D eigenvalue weighted by Crippen LogP contribution is -2.52. The van der Waals surface area contributed by atoms with Gasteiger partial charge in [-0.2, -0.15) is 0 Å². The molecule has 0 saturated carbocycles. The van der Waals surface area contributed by atoms with Gasteiger partial charge in [0.2, 0.25) is 0 Å². The number of aryl methyl sites for hydroxylation is 1. The molecule has 1 aliphatic rings. The first kappa shape index (κ1) is 23.6. The molecule has 0 atom stereocenters. The highest BCUT2D eigenvalue weighted by atomic mass is 28.3. The van der Waals surface area contributed by atoms with Crippen molar-refractivity contribution in [2.75, 3.05) is 0 Å². The molecule has 0 aromatic carbocycles. The van der Waals surface area contributed by atoms with Crippen LogP contribution in [0.1, 0.15) is 81.9 Å². The molecule has 1 fully saturated rings. The summed E-state index contributed by atoms with van der Waals surface area (Å²) in [6.07, 6.45) is 2.99. The summed E-state index contributed by atoms with van der Waals surface area (Å²) in [5.41, 5.74) is 4.74. The molecule has 0 radical (unpaired) electrons. The van der Waals surface area contributed by atoms with Gasteiger partial charge in [-0.25, -0.2) is 4.98 Å². The van der Waals surface area contributed by atoms with E-state index in [1.807, 2.05) is 6.20 Å². The van der Waals surface area contributed by atoms with Crippen molar-refractivity contribution in [3.8, 4) is 0 Å². The van der Waals surface area contributed by atoms with E-state index < -0.39 is 8.24 Å². The third kappa shape index (κ3) is 3.39. The average Bonchev–Trinajstić information content (AvgIpc) is 3.08. The lowest BCUT2D eigenvalue weighted by molar-refractivity contribution is 0.00578. The highest BCUT2D eigenvalue weighted by molar-refractivity contribution is 6.82. The minimum Gasteiger partial charge on any atom is -0.399 e. The quantitative estimate of drug-likeness (QED) is 0.536. The summed E-state index contributed by atoms with van der Waals surface area (Å²) in [4.78, 5) is 5.04. The number of fused-ring (bicyclic) bond motifs is 1. The van der Waals surface area contributed by atoms with Gasteiger partial charge in [0.15, 0.2) is 8.24 Å². The summed E-state index contributed by atoms with van der Waals surface area (Å²) in [6, 6.07) is 4.59. The van der Waals surface area contributed by atoms with Crippen molar-refractivity contribution in [1.82, 2.24) is 9.22 Å².